The lowest BCUT2D eigenvalue weighted by Gasteiger charge is -2.14. The molecule has 6 nitrogen and oxygen atoms in total. The molecule has 0 aromatic heterocycles. The van der Waals surface area contributed by atoms with Gasteiger partial charge in [-0.15, -0.1) is 0 Å². The van der Waals surface area contributed by atoms with Crippen LogP contribution in [-0.2, 0) is 11.3 Å². The van der Waals surface area contributed by atoms with Crippen LogP contribution in [0.4, 0.5) is 9.18 Å². The number of nitrogens with one attached hydrogen (secondary N) is 2. The maximum atomic E-state index is 13.8. The van der Waals surface area contributed by atoms with Crippen molar-refractivity contribution in [1.29, 1.82) is 0 Å². The monoisotopic (exact) mass is 298 g/mol. The second-order valence-corrected chi connectivity index (χ2v) is 4.44. The predicted molar refractivity (Wildman–Crippen MR) is 74.7 cm³/mol. The highest BCUT2D eigenvalue weighted by Gasteiger charge is 2.18. The molecule has 2 amide bonds. The normalized spacial score (nSPS) is 11.6. The van der Waals surface area contributed by atoms with Gasteiger partial charge in [-0.2, -0.15) is 0 Å². The molecule has 3 N–H and O–H groups in total. The Labute approximate surface area is 122 Å². The Morgan fingerprint density at radius 3 is 2.71 bits per heavy atom. The number of urea groups is 1. The molecular weight excluding hydrogens is 279 g/mol. The molecule has 1 unspecified atom stereocenters. The van der Waals surface area contributed by atoms with Crippen molar-refractivity contribution in [3.05, 3.63) is 29.6 Å². The SMILES string of the molecule is CCCC(NC(=O)NCc1cccc(OC)c1F)C(=O)O. The standard InChI is InChI=1S/C14H19FN2O4/c1-3-5-10(13(18)19)17-14(20)16-8-9-6-4-7-11(21-2)12(9)15/h4,6-7,10H,3,5,8H2,1-2H3,(H,18,19)(H2,16,17,20). The number of methoxy groups -OCH3 is 1. The van der Waals surface area contributed by atoms with Crippen LogP contribution in [-0.4, -0.2) is 30.3 Å². The Morgan fingerprint density at radius 2 is 2.14 bits per heavy atom. The zero-order chi connectivity index (χ0) is 15.8. The van der Waals surface area contributed by atoms with Crippen molar-refractivity contribution in [2.45, 2.75) is 32.4 Å². The van der Waals surface area contributed by atoms with Gasteiger partial charge < -0.3 is 20.5 Å². The molecule has 0 aliphatic rings. The zero-order valence-electron chi connectivity index (χ0n) is 12.0. The molecule has 0 saturated heterocycles. The Kier molecular flexibility index (Phi) is 6.45. The second kappa shape index (κ2) is 8.08. The van der Waals surface area contributed by atoms with Crippen LogP contribution < -0.4 is 15.4 Å². The van der Waals surface area contributed by atoms with Crippen molar-refractivity contribution in [3.8, 4) is 5.75 Å². The van der Waals surface area contributed by atoms with Gasteiger partial charge in [-0.25, -0.2) is 14.0 Å². The molecule has 1 atom stereocenters. The first-order valence-electron chi connectivity index (χ1n) is 6.58. The quantitative estimate of drug-likeness (QED) is 0.717. The van der Waals surface area contributed by atoms with Gasteiger partial charge in [0.1, 0.15) is 6.04 Å². The Balaban J connectivity index is 2.59. The summed E-state index contributed by atoms with van der Waals surface area (Å²) in [5, 5.41) is 13.7. The van der Waals surface area contributed by atoms with Gasteiger partial charge in [0.05, 0.1) is 7.11 Å². The van der Waals surface area contributed by atoms with E-state index in [1.165, 1.54) is 19.2 Å². The van der Waals surface area contributed by atoms with E-state index in [-0.39, 0.29) is 17.9 Å². The van der Waals surface area contributed by atoms with Gasteiger partial charge >= 0.3 is 12.0 Å². The first kappa shape index (κ1) is 16.7. The fourth-order valence-electron chi connectivity index (χ4n) is 1.78. The number of hydrogen-bond donors (Lipinski definition) is 3. The average molecular weight is 298 g/mol. The molecule has 0 aliphatic heterocycles. The van der Waals surface area contributed by atoms with E-state index < -0.39 is 23.9 Å². The molecule has 0 spiro atoms. The molecule has 116 valence electrons. The van der Waals surface area contributed by atoms with Gasteiger partial charge in [-0.3, -0.25) is 0 Å². The summed E-state index contributed by atoms with van der Waals surface area (Å²) in [5.74, 6) is -1.56. The lowest BCUT2D eigenvalue weighted by Crippen LogP contribution is -2.45. The van der Waals surface area contributed by atoms with Gasteiger partial charge in [0, 0.05) is 12.1 Å². The Morgan fingerprint density at radius 1 is 1.43 bits per heavy atom. The average Bonchev–Trinajstić information content (AvgIpc) is 2.45. The fourth-order valence-corrected chi connectivity index (χ4v) is 1.78. The molecule has 0 bridgehead atoms. The van der Waals surface area contributed by atoms with Crippen molar-refractivity contribution in [2.75, 3.05) is 7.11 Å². The molecule has 21 heavy (non-hydrogen) atoms. The van der Waals surface area contributed by atoms with Crippen LogP contribution >= 0.6 is 0 Å². The molecule has 7 heteroatoms. The highest BCUT2D eigenvalue weighted by molar-refractivity contribution is 5.82. The molecular formula is C14H19FN2O4. The van der Waals surface area contributed by atoms with E-state index in [1.54, 1.807) is 6.07 Å². The van der Waals surface area contributed by atoms with Crippen LogP contribution in [0.2, 0.25) is 0 Å². The van der Waals surface area contributed by atoms with Crippen molar-refractivity contribution in [1.82, 2.24) is 10.6 Å². The number of ether oxygens (including phenoxy) is 1. The lowest BCUT2D eigenvalue weighted by atomic mass is 10.2. The van der Waals surface area contributed by atoms with Crippen molar-refractivity contribution < 1.29 is 23.8 Å². The number of amides is 2. The van der Waals surface area contributed by atoms with E-state index >= 15 is 0 Å². The number of hydrogen-bond acceptors (Lipinski definition) is 3. The maximum Gasteiger partial charge on any atom is 0.326 e. The van der Waals surface area contributed by atoms with Crippen molar-refractivity contribution >= 4 is 12.0 Å². The molecule has 1 aromatic rings. The largest absolute Gasteiger partial charge is 0.494 e. The summed E-state index contributed by atoms with van der Waals surface area (Å²) in [6, 6.07) is 2.98. The first-order chi connectivity index (χ1) is 9.99. The summed E-state index contributed by atoms with van der Waals surface area (Å²) in [4.78, 5) is 22.6. The van der Waals surface area contributed by atoms with Crippen LogP contribution in [0.25, 0.3) is 0 Å². The molecule has 0 heterocycles. The van der Waals surface area contributed by atoms with E-state index in [9.17, 15) is 14.0 Å². The van der Waals surface area contributed by atoms with Crippen LogP contribution in [0.15, 0.2) is 18.2 Å². The number of carboxylic acids is 1. The van der Waals surface area contributed by atoms with Crippen molar-refractivity contribution in [2.24, 2.45) is 0 Å². The van der Waals surface area contributed by atoms with Gasteiger partial charge in [0.15, 0.2) is 11.6 Å². The minimum Gasteiger partial charge on any atom is -0.494 e. The minimum absolute atomic E-state index is 0.0622. The van der Waals surface area contributed by atoms with E-state index in [0.717, 1.165) is 0 Å². The van der Waals surface area contributed by atoms with Crippen LogP contribution in [0, 0.1) is 5.82 Å². The summed E-state index contributed by atoms with van der Waals surface area (Å²) < 4.78 is 18.7. The van der Waals surface area contributed by atoms with E-state index in [4.69, 9.17) is 9.84 Å². The Hall–Kier alpha value is -2.31. The number of carbonyl (C=O) groups excluding carboxylic acids is 1. The maximum absolute atomic E-state index is 13.8. The summed E-state index contributed by atoms with van der Waals surface area (Å²) >= 11 is 0. The number of halogens is 1. The van der Waals surface area contributed by atoms with Gasteiger partial charge in [-0.05, 0) is 12.5 Å². The van der Waals surface area contributed by atoms with Crippen LogP contribution in [0.1, 0.15) is 25.3 Å². The number of rotatable bonds is 7. The number of carbonyl (C=O) groups is 2. The topological polar surface area (TPSA) is 87.7 Å². The summed E-state index contributed by atoms with van der Waals surface area (Å²) in [5.41, 5.74) is 0.256. The highest BCUT2D eigenvalue weighted by atomic mass is 19.1. The predicted octanol–water partition coefficient (Wildman–Crippen LogP) is 1.89. The van der Waals surface area contributed by atoms with Crippen LogP contribution in [0.3, 0.4) is 0 Å². The minimum atomic E-state index is -1.10. The summed E-state index contributed by atoms with van der Waals surface area (Å²) in [6.07, 6.45) is 0.956. The first-order valence-corrected chi connectivity index (χ1v) is 6.58. The number of aliphatic carboxylic acids is 1. The van der Waals surface area contributed by atoms with Gasteiger partial charge in [0.25, 0.3) is 0 Å². The molecule has 0 radical (unpaired) electrons. The molecule has 1 rings (SSSR count). The van der Waals surface area contributed by atoms with E-state index in [0.29, 0.717) is 12.8 Å². The van der Waals surface area contributed by atoms with Gasteiger partial charge in [-0.1, -0.05) is 25.5 Å². The third-order valence-electron chi connectivity index (χ3n) is 2.88. The fraction of sp³-hybridized carbons (Fsp3) is 0.429. The van der Waals surface area contributed by atoms with Gasteiger partial charge in [0.2, 0.25) is 0 Å². The number of benzene rings is 1. The smallest absolute Gasteiger partial charge is 0.326 e. The lowest BCUT2D eigenvalue weighted by molar-refractivity contribution is -0.139. The third kappa shape index (κ3) is 4.94. The second-order valence-electron chi connectivity index (χ2n) is 4.44. The third-order valence-corrected chi connectivity index (χ3v) is 2.88. The highest BCUT2D eigenvalue weighted by Crippen LogP contribution is 2.19. The van der Waals surface area contributed by atoms with Crippen molar-refractivity contribution in [3.63, 3.8) is 0 Å². The van der Waals surface area contributed by atoms with E-state index in [1.807, 2.05) is 6.92 Å². The molecule has 0 aliphatic carbocycles. The Bertz CT molecular complexity index is 508. The molecule has 0 saturated carbocycles. The number of carboxylic acid groups (broad SMARTS) is 1. The van der Waals surface area contributed by atoms with Crippen LogP contribution in [0.5, 0.6) is 5.75 Å². The molecule has 1 aromatic carbocycles. The van der Waals surface area contributed by atoms with E-state index in [2.05, 4.69) is 10.6 Å². The summed E-state index contributed by atoms with van der Waals surface area (Å²) in [6.45, 7) is 1.76. The zero-order valence-corrected chi connectivity index (χ0v) is 12.0. The molecule has 0 fully saturated rings. The summed E-state index contributed by atoms with van der Waals surface area (Å²) in [7, 11) is 1.35.